The van der Waals surface area contributed by atoms with E-state index in [1.807, 2.05) is 0 Å². The third kappa shape index (κ3) is 11.7. The number of hydrogen-bond donors (Lipinski definition) is 1. The van der Waals surface area contributed by atoms with Gasteiger partial charge in [0, 0.05) is 48.0 Å². The molecule has 0 bridgehead atoms. The zero-order valence-electron chi connectivity index (χ0n) is 28.5. The zero-order valence-corrected chi connectivity index (χ0v) is 29.3. The van der Waals surface area contributed by atoms with Gasteiger partial charge in [0.25, 0.3) is 0 Å². The minimum atomic E-state index is -4.22. The van der Waals surface area contributed by atoms with Gasteiger partial charge in [-0.2, -0.15) is 0 Å². The Morgan fingerprint density at radius 3 is 1.70 bits per heavy atom. The predicted octanol–water partition coefficient (Wildman–Crippen LogP) is 0.351. The molecule has 1 aromatic rings. The van der Waals surface area contributed by atoms with Gasteiger partial charge in [-0.25, -0.2) is 13.1 Å². The Morgan fingerprint density at radius 2 is 1.16 bits per heavy atom. The average Bonchev–Trinajstić information content (AvgIpc) is 2.98. The second kappa shape index (κ2) is 17.7. The third-order valence-electron chi connectivity index (χ3n) is 7.15. The van der Waals surface area contributed by atoms with Crippen LogP contribution in [0.5, 0.6) is 0 Å². The lowest BCUT2D eigenvalue weighted by molar-refractivity contribution is -0.312. The SMILES string of the molecule is CC(=O)OC[C@H]1O[C@H](OC[C@H]2O[C@@H](OC(C)=O)[C@H](OC(C)=O)[C@@H](OC(C)=O)[C@@H]2OC(C)=O)C[C@H](NS(=O)(=O)c2ccc(C)cc2)[C@@H]1OC(C)=O. The minimum absolute atomic E-state index is 0.0830. The van der Waals surface area contributed by atoms with E-state index in [-0.39, 0.29) is 11.3 Å². The number of carbonyl (C=O) groups excluding carboxylic acids is 6. The first-order valence-corrected chi connectivity index (χ1v) is 16.9. The second-order valence-electron chi connectivity index (χ2n) is 11.5. The molecule has 9 atom stereocenters. The molecular formula is C31H41NO17S. The molecule has 0 saturated carbocycles. The Labute approximate surface area is 288 Å². The molecule has 0 spiro atoms. The molecule has 1 aromatic carbocycles. The summed E-state index contributed by atoms with van der Waals surface area (Å²) in [5.74, 6) is -4.91. The molecule has 0 aromatic heterocycles. The largest absolute Gasteiger partial charge is 0.463 e. The Hall–Kier alpha value is -4.17. The number of aryl methyl sites for hydroxylation is 1. The van der Waals surface area contributed by atoms with Gasteiger partial charge in [0.2, 0.25) is 22.4 Å². The van der Waals surface area contributed by atoms with Crippen molar-refractivity contribution in [2.75, 3.05) is 13.2 Å². The molecule has 0 unspecified atom stereocenters. The zero-order chi connectivity index (χ0) is 37.3. The van der Waals surface area contributed by atoms with E-state index in [1.165, 1.54) is 12.1 Å². The summed E-state index contributed by atoms with van der Waals surface area (Å²) < 4.78 is 79.0. The van der Waals surface area contributed by atoms with Crippen LogP contribution < -0.4 is 4.72 Å². The number of sulfonamides is 1. The number of carbonyl (C=O) groups is 6. The standard InChI is InChI=1S/C31H41NO17S/c1-15-8-10-22(11-9-15)50(39,40)32-23-12-26(48-24(13-41-16(2)33)27(23)43-17(3)34)42-14-25-28(44-18(4)35)29(45-19(5)36)30(46-20(6)37)31(49-25)47-21(7)38/h8-11,23-32H,12-14H2,1-7H3/t23-,24+,25+,26-,27-,28+,29-,30+,31+/m0/s1. The van der Waals surface area contributed by atoms with Crippen LogP contribution in [-0.2, 0) is 81.4 Å². The van der Waals surface area contributed by atoms with Crippen LogP contribution in [0.2, 0.25) is 0 Å². The molecule has 1 N–H and O–H groups in total. The van der Waals surface area contributed by atoms with Crippen molar-refractivity contribution >= 4 is 45.8 Å². The van der Waals surface area contributed by atoms with Crippen LogP contribution in [0.1, 0.15) is 53.5 Å². The first-order chi connectivity index (χ1) is 23.4. The van der Waals surface area contributed by atoms with E-state index in [4.69, 9.17) is 42.6 Å². The van der Waals surface area contributed by atoms with Gasteiger partial charge in [0.1, 0.15) is 24.9 Å². The van der Waals surface area contributed by atoms with Crippen LogP contribution in [-0.4, -0.2) is 113 Å². The molecule has 2 saturated heterocycles. The van der Waals surface area contributed by atoms with Crippen LogP contribution >= 0.6 is 0 Å². The van der Waals surface area contributed by atoms with Crippen LogP contribution in [0.4, 0.5) is 0 Å². The summed E-state index contributed by atoms with van der Waals surface area (Å²) in [5.41, 5.74) is 0.811. The van der Waals surface area contributed by atoms with Gasteiger partial charge in [-0.3, -0.25) is 28.8 Å². The molecule has 2 heterocycles. The first kappa shape index (κ1) is 40.3. The fraction of sp³-hybridized carbons (Fsp3) is 0.613. The van der Waals surface area contributed by atoms with Crippen molar-refractivity contribution < 1.29 is 79.8 Å². The maximum absolute atomic E-state index is 13.4. The summed E-state index contributed by atoms with van der Waals surface area (Å²) in [5, 5.41) is 0. The third-order valence-corrected chi connectivity index (χ3v) is 8.66. The summed E-state index contributed by atoms with van der Waals surface area (Å²) in [7, 11) is -4.22. The summed E-state index contributed by atoms with van der Waals surface area (Å²) >= 11 is 0. The van der Waals surface area contributed by atoms with Crippen molar-refractivity contribution in [1.29, 1.82) is 0 Å². The molecule has 2 aliphatic rings. The van der Waals surface area contributed by atoms with Crippen molar-refractivity contribution in [3.05, 3.63) is 29.8 Å². The number of benzene rings is 1. The van der Waals surface area contributed by atoms with Gasteiger partial charge >= 0.3 is 35.8 Å². The van der Waals surface area contributed by atoms with E-state index >= 15 is 0 Å². The van der Waals surface area contributed by atoms with Gasteiger partial charge in [0.15, 0.2) is 18.5 Å². The Bertz CT molecular complexity index is 1510. The smallest absolute Gasteiger partial charge is 0.305 e. The number of ether oxygens (including phenoxy) is 9. The molecular weight excluding hydrogens is 690 g/mol. The van der Waals surface area contributed by atoms with E-state index in [1.54, 1.807) is 19.1 Å². The van der Waals surface area contributed by atoms with Crippen molar-refractivity contribution in [3.8, 4) is 0 Å². The van der Waals surface area contributed by atoms with Gasteiger partial charge in [-0.15, -0.1) is 0 Å². The lowest BCUT2D eigenvalue weighted by Gasteiger charge is -2.44. The highest BCUT2D eigenvalue weighted by atomic mass is 32.2. The predicted molar refractivity (Wildman–Crippen MR) is 164 cm³/mol. The van der Waals surface area contributed by atoms with E-state index in [2.05, 4.69) is 4.72 Å². The summed E-state index contributed by atoms with van der Waals surface area (Å²) in [6, 6.07) is 4.77. The normalized spacial score (nSPS) is 28.0. The number of nitrogens with one attached hydrogen (secondary N) is 1. The van der Waals surface area contributed by atoms with Gasteiger partial charge in [-0.05, 0) is 19.1 Å². The molecule has 0 amide bonds. The Balaban J connectivity index is 1.96. The van der Waals surface area contributed by atoms with E-state index < -0.39 is 114 Å². The van der Waals surface area contributed by atoms with Crippen LogP contribution in [0.3, 0.4) is 0 Å². The lowest BCUT2D eigenvalue weighted by Crippen LogP contribution is -2.63. The molecule has 3 rings (SSSR count). The minimum Gasteiger partial charge on any atom is -0.463 e. The maximum atomic E-state index is 13.4. The highest BCUT2D eigenvalue weighted by Crippen LogP contribution is 2.32. The fourth-order valence-electron chi connectivity index (χ4n) is 5.27. The van der Waals surface area contributed by atoms with Gasteiger partial charge in [0.05, 0.1) is 17.5 Å². The maximum Gasteiger partial charge on any atom is 0.305 e. The van der Waals surface area contributed by atoms with Crippen molar-refractivity contribution in [1.82, 2.24) is 4.72 Å². The number of rotatable bonds is 13. The second-order valence-corrected chi connectivity index (χ2v) is 13.2. The number of hydrogen-bond acceptors (Lipinski definition) is 17. The van der Waals surface area contributed by atoms with Crippen LogP contribution in [0.15, 0.2) is 29.2 Å². The van der Waals surface area contributed by atoms with E-state index in [0.29, 0.717) is 0 Å². The Morgan fingerprint density at radius 1 is 0.660 bits per heavy atom. The van der Waals surface area contributed by atoms with E-state index in [0.717, 1.165) is 47.1 Å². The van der Waals surface area contributed by atoms with Crippen LogP contribution in [0.25, 0.3) is 0 Å². The summed E-state index contributed by atoms with van der Waals surface area (Å²) in [4.78, 5) is 71.9. The van der Waals surface area contributed by atoms with Gasteiger partial charge in [-0.1, -0.05) is 17.7 Å². The molecule has 18 nitrogen and oxygen atoms in total. The number of esters is 6. The Kier molecular flexibility index (Phi) is 14.2. The summed E-state index contributed by atoms with van der Waals surface area (Å²) in [6.45, 7) is 7.21. The molecule has 50 heavy (non-hydrogen) atoms. The first-order valence-electron chi connectivity index (χ1n) is 15.4. The monoisotopic (exact) mass is 731 g/mol. The molecule has 2 aliphatic heterocycles. The highest BCUT2D eigenvalue weighted by molar-refractivity contribution is 7.89. The quantitative estimate of drug-likeness (QED) is 0.213. The molecule has 19 heteroatoms. The lowest BCUT2D eigenvalue weighted by atomic mass is 9.97. The molecule has 2 fully saturated rings. The fourth-order valence-corrected chi connectivity index (χ4v) is 6.53. The molecule has 278 valence electrons. The highest BCUT2D eigenvalue weighted by Gasteiger charge is 2.54. The topological polar surface area (TPSA) is 232 Å². The summed E-state index contributed by atoms with van der Waals surface area (Å²) in [6.07, 6.45) is -11.8. The van der Waals surface area contributed by atoms with Crippen molar-refractivity contribution in [2.24, 2.45) is 0 Å². The molecule has 0 radical (unpaired) electrons. The van der Waals surface area contributed by atoms with E-state index in [9.17, 15) is 37.2 Å². The average molecular weight is 732 g/mol. The molecule has 0 aliphatic carbocycles. The van der Waals surface area contributed by atoms with Crippen LogP contribution in [0, 0.1) is 6.92 Å². The van der Waals surface area contributed by atoms with Gasteiger partial charge < -0.3 is 42.6 Å². The van der Waals surface area contributed by atoms with Crippen molar-refractivity contribution in [3.63, 3.8) is 0 Å². The van der Waals surface area contributed by atoms with Crippen molar-refractivity contribution in [2.45, 2.75) is 115 Å².